The van der Waals surface area contributed by atoms with Crippen LogP contribution in [-0.2, 0) is 0 Å². The molecule has 0 fully saturated rings. The quantitative estimate of drug-likeness (QED) is 0.525. The Hall–Kier alpha value is -0.560. The minimum Gasteiger partial charge on any atom is -0.205 e. The van der Waals surface area contributed by atoms with Gasteiger partial charge in [-0.25, -0.2) is 4.39 Å². The van der Waals surface area contributed by atoms with Crippen molar-refractivity contribution in [2.75, 3.05) is 0 Å². The lowest BCUT2D eigenvalue weighted by Gasteiger charge is -1.93. The number of rotatable bonds is 2. The van der Waals surface area contributed by atoms with E-state index in [-0.39, 0.29) is 5.03 Å². The van der Waals surface area contributed by atoms with E-state index in [2.05, 4.69) is 13.2 Å². The second-order valence-electron chi connectivity index (χ2n) is 1.65. The van der Waals surface area contributed by atoms with Crippen molar-refractivity contribution in [3.05, 3.63) is 35.7 Å². The monoisotopic (exact) mass is 146 g/mol. The minimum absolute atomic E-state index is 0.0162. The summed E-state index contributed by atoms with van der Waals surface area (Å²) < 4.78 is 12.5. The lowest BCUT2D eigenvalue weighted by Crippen LogP contribution is -1.75. The minimum atomic E-state index is -0.494. The van der Waals surface area contributed by atoms with Crippen LogP contribution in [-0.4, -0.2) is 0 Å². The normalized spacial score (nSPS) is 12.3. The van der Waals surface area contributed by atoms with Gasteiger partial charge in [0.1, 0.15) is 5.83 Å². The molecule has 0 saturated carbocycles. The predicted octanol–water partition coefficient (Wildman–Crippen LogP) is 3.17. The van der Waals surface area contributed by atoms with Gasteiger partial charge in [0.15, 0.2) is 0 Å². The van der Waals surface area contributed by atoms with Crippen LogP contribution in [0.5, 0.6) is 0 Å². The van der Waals surface area contributed by atoms with Crippen LogP contribution >= 0.6 is 11.6 Å². The van der Waals surface area contributed by atoms with E-state index in [1.165, 1.54) is 6.08 Å². The zero-order valence-electron chi connectivity index (χ0n) is 5.25. The zero-order valence-corrected chi connectivity index (χ0v) is 6.00. The van der Waals surface area contributed by atoms with Crippen LogP contribution < -0.4 is 0 Å². The average molecular weight is 147 g/mol. The highest BCUT2D eigenvalue weighted by molar-refractivity contribution is 6.31. The standard InChI is InChI=1S/C7H8ClF/c1-4-6(8)7(9)5(2)3/h4H,1-2H2,3H3/b7-6-. The van der Waals surface area contributed by atoms with E-state index < -0.39 is 5.83 Å². The summed E-state index contributed by atoms with van der Waals surface area (Å²) in [6.07, 6.45) is 1.24. The van der Waals surface area contributed by atoms with E-state index >= 15 is 0 Å². The van der Waals surface area contributed by atoms with Crippen LogP contribution in [0.2, 0.25) is 0 Å². The van der Waals surface area contributed by atoms with Crippen LogP contribution in [0.25, 0.3) is 0 Å². The molecular formula is C7H8ClF. The number of allylic oxidation sites excluding steroid dienone is 4. The van der Waals surface area contributed by atoms with Crippen LogP contribution in [0.15, 0.2) is 35.7 Å². The Morgan fingerprint density at radius 1 is 1.67 bits per heavy atom. The first-order valence-corrected chi connectivity index (χ1v) is 2.81. The summed E-state index contributed by atoms with van der Waals surface area (Å²) in [6.45, 7) is 8.20. The molecule has 2 heteroatoms. The number of hydrogen-bond donors (Lipinski definition) is 0. The molecule has 0 unspecified atom stereocenters. The van der Waals surface area contributed by atoms with Gasteiger partial charge in [0.25, 0.3) is 0 Å². The fourth-order valence-corrected chi connectivity index (χ4v) is 0.455. The lowest BCUT2D eigenvalue weighted by atomic mass is 10.3. The van der Waals surface area contributed by atoms with Gasteiger partial charge >= 0.3 is 0 Å². The largest absolute Gasteiger partial charge is 0.205 e. The average Bonchev–Trinajstić information content (AvgIpc) is 1.84. The van der Waals surface area contributed by atoms with Gasteiger partial charge in [0, 0.05) is 0 Å². The molecule has 0 aromatic carbocycles. The molecule has 0 spiro atoms. The third kappa shape index (κ3) is 2.47. The topological polar surface area (TPSA) is 0 Å². The van der Waals surface area contributed by atoms with Crippen LogP contribution in [0.3, 0.4) is 0 Å². The van der Waals surface area contributed by atoms with E-state index in [1.807, 2.05) is 0 Å². The van der Waals surface area contributed by atoms with Gasteiger partial charge < -0.3 is 0 Å². The van der Waals surface area contributed by atoms with Gasteiger partial charge in [-0.3, -0.25) is 0 Å². The van der Waals surface area contributed by atoms with E-state index in [9.17, 15) is 4.39 Å². The molecular weight excluding hydrogens is 139 g/mol. The molecule has 0 atom stereocenters. The Kier molecular flexibility index (Phi) is 3.25. The SMILES string of the molecule is C=C/C(Cl)=C(/F)C(=C)C. The van der Waals surface area contributed by atoms with Crippen LogP contribution in [0.4, 0.5) is 4.39 Å². The first kappa shape index (κ1) is 8.44. The van der Waals surface area contributed by atoms with E-state index in [0.717, 1.165) is 0 Å². The van der Waals surface area contributed by atoms with Crippen molar-refractivity contribution in [1.29, 1.82) is 0 Å². The second kappa shape index (κ2) is 3.46. The first-order chi connectivity index (χ1) is 4.09. The maximum atomic E-state index is 12.5. The van der Waals surface area contributed by atoms with Crippen molar-refractivity contribution < 1.29 is 4.39 Å². The summed E-state index contributed by atoms with van der Waals surface area (Å²) in [5, 5.41) is 0.0162. The summed E-state index contributed by atoms with van der Waals surface area (Å²) >= 11 is 5.34. The third-order valence-corrected chi connectivity index (χ3v) is 1.08. The Balaban J connectivity index is 4.47. The molecule has 0 amide bonds. The van der Waals surface area contributed by atoms with Gasteiger partial charge in [-0.15, -0.1) is 0 Å². The van der Waals surface area contributed by atoms with E-state index in [4.69, 9.17) is 11.6 Å². The van der Waals surface area contributed by atoms with Crippen molar-refractivity contribution in [2.45, 2.75) is 6.92 Å². The number of hydrogen-bond acceptors (Lipinski definition) is 0. The van der Waals surface area contributed by atoms with Crippen molar-refractivity contribution in [3.63, 3.8) is 0 Å². The Labute approximate surface area is 59.3 Å². The first-order valence-electron chi connectivity index (χ1n) is 2.43. The summed E-state index contributed by atoms with van der Waals surface area (Å²) in [7, 11) is 0. The maximum Gasteiger partial charge on any atom is 0.144 e. The molecule has 0 N–H and O–H groups in total. The molecule has 0 heterocycles. The van der Waals surface area contributed by atoms with Gasteiger partial charge in [-0.1, -0.05) is 24.8 Å². The highest BCUT2D eigenvalue weighted by Gasteiger charge is 1.98. The molecule has 50 valence electrons. The molecule has 0 aromatic rings. The maximum absolute atomic E-state index is 12.5. The molecule has 0 aromatic heterocycles. The molecule has 0 aliphatic heterocycles. The smallest absolute Gasteiger partial charge is 0.144 e. The summed E-state index contributed by atoms with van der Waals surface area (Å²) in [5.74, 6) is -0.494. The predicted molar refractivity (Wildman–Crippen MR) is 39.0 cm³/mol. The van der Waals surface area contributed by atoms with Crippen molar-refractivity contribution in [3.8, 4) is 0 Å². The van der Waals surface area contributed by atoms with Crippen molar-refractivity contribution in [2.24, 2.45) is 0 Å². The van der Waals surface area contributed by atoms with Gasteiger partial charge in [-0.05, 0) is 18.6 Å². The zero-order chi connectivity index (χ0) is 7.44. The molecule has 0 rings (SSSR count). The van der Waals surface area contributed by atoms with Crippen LogP contribution in [0.1, 0.15) is 6.92 Å². The summed E-state index contributed by atoms with van der Waals surface area (Å²) in [6, 6.07) is 0. The Morgan fingerprint density at radius 3 is 2.22 bits per heavy atom. The molecule has 0 aliphatic carbocycles. The van der Waals surface area contributed by atoms with Gasteiger partial charge in [-0.2, -0.15) is 0 Å². The Bertz CT molecular complexity index is 168. The fourth-order valence-electron chi connectivity index (χ4n) is 0.293. The molecule has 0 bridgehead atoms. The van der Waals surface area contributed by atoms with E-state index in [0.29, 0.717) is 5.57 Å². The van der Waals surface area contributed by atoms with Gasteiger partial charge in [0.05, 0.1) is 5.03 Å². The highest BCUT2D eigenvalue weighted by atomic mass is 35.5. The van der Waals surface area contributed by atoms with Gasteiger partial charge in [0.2, 0.25) is 0 Å². The van der Waals surface area contributed by atoms with Crippen molar-refractivity contribution >= 4 is 11.6 Å². The van der Waals surface area contributed by atoms with Crippen LogP contribution in [0, 0.1) is 0 Å². The molecule has 0 nitrogen and oxygen atoms in total. The molecule has 0 saturated heterocycles. The number of halogens is 2. The highest BCUT2D eigenvalue weighted by Crippen LogP contribution is 2.17. The lowest BCUT2D eigenvalue weighted by molar-refractivity contribution is 0.650. The molecule has 0 radical (unpaired) electrons. The summed E-state index contributed by atoms with van der Waals surface area (Å²) in [4.78, 5) is 0. The molecule has 0 aliphatic rings. The fraction of sp³-hybridized carbons (Fsp3) is 0.143. The second-order valence-corrected chi connectivity index (χ2v) is 2.05. The Morgan fingerprint density at radius 2 is 2.11 bits per heavy atom. The summed E-state index contributed by atoms with van der Waals surface area (Å²) in [5.41, 5.74) is 0.319. The van der Waals surface area contributed by atoms with E-state index in [1.54, 1.807) is 6.92 Å². The molecule has 9 heavy (non-hydrogen) atoms. The van der Waals surface area contributed by atoms with Crippen molar-refractivity contribution in [1.82, 2.24) is 0 Å². The third-order valence-electron chi connectivity index (χ3n) is 0.764.